The summed E-state index contributed by atoms with van der Waals surface area (Å²) in [6, 6.07) is 5.53. The number of hydrogen-bond donors (Lipinski definition) is 0. The Labute approximate surface area is 104 Å². The van der Waals surface area contributed by atoms with E-state index in [4.69, 9.17) is 21.1 Å². The van der Waals surface area contributed by atoms with Crippen molar-refractivity contribution in [2.45, 2.75) is 6.92 Å². The number of aromatic nitrogens is 2. The number of ether oxygens (including phenoxy) is 2. The molecule has 2 aromatic rings. The Morgan fingerprint density at radius 1 is 1.24 bits per heavy atom. The Bertz CT molecular complexity index is 532. The van der Waals surface area contributed by atoms with Gasteiger partial charge in [0.25, 0.3) is 0 Å². The minimum Gasteiger partial charge on any atom is -0.496 e. The maximum absolute atomic E-state index is 5.72. The molecule has 0 saturated carbocycles. The van der Waals surface area contributed by atoms with Gasteiger partial charge in [-0.15, -0.1) is 0 Å². The van der Waals surface area contributed by atoms with Crippen LogP contribution in [-0.2, 0) is 0 Å². The van der Waals surface area contributed by atoms with Gasteiger partial charge in [0.1, 0.15) is 11.5 Å². The highest BCUT2D eigenvalue weighted by molar-refractivity contribution is 6.29. The zero-order chi connectivity index (χ0) is 12.3. The molecule has 0 unspecified atom stereocenters. The molecule has 5 heteroatoms. The monoisotopic (exact) mass is 250 g/mol. The first-order valence-corrected chi connectivity index (χ1v) is 5.37. The third-order valence-corrected chi connectivity index (χ3v) is 2.37. The molecule has 0 saturated heterocycles. The van der Waals surface area contributed by atoms with Gasteiger partial charge >= 0.3 is 0 Å². The number of rotatable bonds is 3. The standard InChI is InChI=1S/C12H11ClN2O2/c1-8-3-4-9(5-10(8)16-2)17-12-7-14-6-11(13)15-12/h3-7H,1-2H3. The quantitative estimate of drug-likeness (QED) is 0.839. The van der Waals surface area contributed by atoms with Gasteiger partial charge in [-0.05, 0) is 18.6 Å². The molecule has 0 aliphatic carbocycles. The summed E-state index contributed by atoms with van der Waals surface area (Å²) in [7, 11) is 1.62. The van der Waals surface area contributed by atoms with Gasteiger partial charge in [0.15, 0.2) is 5.15 Å². The SMILES string of the molecule is COc1cc(Oc2cncc(Cl)n2)ccc1C. The lowest BCUT2D eigenvalue weighted by Crippen LogP contribution is -1.92. The van der Waals surface area contributed by atoms with Gasteiger partial charge in [-0.25, -0.2) is 0 Å². The molecular formula is C12H11ClN2O2. The lowest BCUT2D eigenvalue weighted by Gasteiger charge is -2.08. The molecular weight excluding hydrogens is 240 g/mol. The van der Waals surface area contributed by atoms with E-state index in [-0.39, 0.29) is 0 Å². The van der Waals surface area contributed by atoms with Crippen LogP contribution in [0.25, 0.3) is 0 Å². The van der Waals surface area contributed by atoms with Crippen LogP contribution in [0.5, 0.6) is 17.4 Å². The molecule has 0 N–H and O–H groups in total. The van der Waals surface area contributed by atoms with Crippen LogP contribution < -0.4 is 9.47 Å². The molecule has 0 aliphatic rings. The second kappa shape index (κ2) is 5.01. The van der Waals surface area contributed by atoms with E-state index in [0.717, 1.165) is 11.3 Å². The molecule has 2 rings (SSSR count). The highest BCUT2D eigenvalue weighted by Gasteiger charge is 2.04. The van der Waals surface area contributed by atoms with Crippen LogP contribution in [0.3, 0.4) is 0 Å². The maximum Gasteiger partial charge on any atom is 0.239 e. The zero-order valence-electron chi connectivity index (χ0n) is 9.48. The first kappa shape index (κ1) is 11.7. The van der Waals surface area contributed by atoms with E-state index in [9.17, 15) is 0 Å². The van der Waals surface area contributed by atoms with Crippen LogP contribution in [-0.4, -0.2) is 17.1 Å². The summed E-state index contributed by atoms with van der Waals surface area (Å²) >= 11 is 5.72. The lowest BCUT2D eigenvalue weighted by molar-refractivity contribution is 0.404. The molecule has 0 aliphatic heterocycles. The van der Waals surface area contributed by atoms with Gasteiger partial charge in [-0.2, -0.15) is 4.98 Å². The Hall–Kier alpha value is -1.81. The number of aryl methyl sites for hydroxylation is 1. The van der Waals surface area contributed by atoms with E-state index in [1.807, 2.05) is 19.1 Å². The van der Waals surface area contributed by atoms with E-state index in [1.165, 1.54) is 12.4 Å². The highest BCUT2D eigenvalue weighted by atomic mass is 35.5. The van der Waals surface area contributed by atoms with Crippen molar-refractivity contribution in [1.29, 1.82) is 0 Å². The largest absolute Gasteiger partial charge is 0.496 e. The second-order valence-corrected chi connectivity index (χ2v) is 3.80. The summed E-state index contributed by atoms with van der Waals surface area (Å²) in [6.07, 6.45) is 2.95. The van der Waals surface area contributed by atoms with Crippen LogP contribution in [0.2, 0.25) is 5.15 Å². The summed E-state index contributed by atoms with van der Waals surface area (Å²) in [5.74, 6) is 1.74. The molecule has 17 heavy (non-hydrogen) atoms. The van der Waals surface area contributed by atoms with Crippen molar-refractivity contribution in [1.82, 2.24) is 9.97 Å². The summed E-state index contributed by atoms with van der Waals surface area (Å²) in [5.41, 5.74) is 1.04. The second-order valence-electron chi connectivity index (χ2n) is 3.41. The smallest absolute Gasteiger partial charge is 0.239 e. The molecule has 0 spiro atoms. The normalized spacial score (nSPS) is 10.1. The first-order valence-electron chi connectivity index (χ1n) is 4.99. The molecule has 1 heterocycles. The molecule has 0 amide bonds. The van der Waals surface area contributed by atoms with Gasteiger partial charge in [-0.3, -0.25) is 4.98 Å². The Morgan fingerprint density at radius 3 is 2.76 bits per heavy atom. The number of nitrogens with zero attached hydrogens (tertiary/aromatic N) is 2. The van der Waals surface area contributed by atoms with Gasteiger partial charge < -0.3 is 9.47 Å². The van der Waals surface area contributed by atoms with Crippen molar-refractivity contribution in [3.05, 3.63) is 41.3 Å². The lowest BCUT2D eigenvalue weighted by atomic mass is 10.2. The van der Waals surface area contributed by atoms with Crippen molar-refractivity contribution in [3.63, 3.8) is 0 Å². The van der Waals surface area contributed by atoms with Crippen LogP contribution >= 0.6 is 11.6 Å². The number of halogens is 1. The summed E-state index contributed by atoms with van der Waals surface area (Å²) in [5, 5.41) is 0.293. The van der Waals surface area contributed by atoms with E-state index in [2.05, 4.69) is 9.97 Å². The minimum atomic E-state index is 0.293. The number of hydrogen-bond acceptors (Lipinski definition) is 4. The van der Waals surface area contributed by atoms with E-state index in [1.54, 1.807) is 13.2 Å². The fourth-order valence-electron chi connectivity index (χ4n) is 1.36. The molecule has 0 fully saturated rings. The van der Waals surface area contributed by atoms with E-state index < -0.39 is 0 Å². The van der Waals surface area contributed by atoms with Gasteiger partial charge in [0.05, 0.1) is 19.5 Å². The molecule has 1 aromatic carbocycles. The average molecular weight is 251 g/mol. The molecule has 0 atom stereocenters. The summed E-state index contributed by atoms with van der Waals surface area (Å²) in [4.78, 5) is 7.88. The Balaban J connectivity index is 2.24. The van der Waals surface area contributed by atoms with E-state index >= 15 is 0 Å². The fraction of sp³-hybridized carbons (Fsp3) is 0.167. The van der Waals surface area contributed by atoms with Crippen molar-refractivity contribution in [3.8, 4) is 17.4 Å². The van der Waals surface area contributed by atoms with Crippen LogP contribution in [0.4, 0.5) is 0 Å². The van der Waals surface area contributed by atoms with Gasteiger partial charge in [-0.1, -0.05) is 17.7 Å². The van der Waals surface area contributed by atoms with Crippen molar-refractivity contribution in [2.75, 3.05) is 7.11 Å². The minimum absolute atomic E-state index is 0.293. The van der Waals surface area contributed by atoms with Gasteiger partial charge in [0.2, 0.25) is 5.88 Å². The topological polar surface area (TPSA) is 44.2 Å². The third-order valence-electron chi connectivity index (χ3n) is 2.18. The zero-order valence-corrected chi connectivity index (χ0v) is 10.2. The van der Waals surface area contributed by atoms with Crippen LogP contribution in [0.1, 0.15) is 5.56 Å². The van der Waals surface area contributed by atoms with Crippen molar-refractivity contribution < 1.29 is 9.47 Å². The predicted octanol–water partition coefficient (Wildman–Crippen LogP) is 3.24. The van der Waals surface area contributed by atoms with E-state index in [0.29, 0.717) is 16.8 Å². The maximum atomic E-state index is 5.72. The summed E-state index contributed by atoms with van der Waals surface area (Å²) in [6.45, 7) is 1.96. The molecule has 4 nitrogen and oxygen atoms in total. The molecule has 0 radical (unpaired) electrons. The van der Waals surface area contributed by atoms with Gasteiger partial charge in [0, 0.05) is 6.07 Å². The first-order chi connectivity index (χ1) is 8.19. The molecule has 1 aromatic heterocycles. The number of methoxy groups -OCH3 is 1. The van der Waals surface area contributed by atoms with Crippen molar-refractivity contribution >= 4 is 11.6 Å². The Morgan fingerprint density at radius 2 is 2.06 bits per heavy atom. The Kier molecular flexibility index (Phi) is 3.44. The van der Waals surface area contributed by atoms with Crippen LogP contribution in [0.15, 0.2) is 30.6 Å². The predicted molar refractivity (Wildman–Crippen MR) is 64.8 cm³/mol. The fourth-order valence-corrected chi connectivity index (χ4v) is 1.50. The van der Waals surface area contributed by atoms with Crippen LogP contribution in [0, 0.1) is 6.92 Å². The summed E-state index contributed by atoms with van der Waals surface area (Å²) < 4.78 is 10.7. The van der Waals surface area contributed by atoms with Crippen molar-refractivity contribution in [2.24, 2.45) is 0 Å². The molecule has 88 valence electrons. The average Bonchev–Trinajstić information content (AvgIpc) is 2.32. The molecule has 0 bridgehead atoms. The number of benzene rings is 1. The third kappa shape index (κ3) is 2.85. The highest BCUT2D eigenvalue weighted by Crippen LogP contribution is 2.27.